The Morgan fingerprint density at radius 1 is 1.12 bits per heavy atom. The second-order valence-electron chi connectivity index (χ2n) is 8.76. The topological polar surface area (TPSA) is 139 Å². The number of carboxylic acid groups (broad SMARTS) is 1. The van der Waals surface area contributed by atoms with E-state index in [1.54, 1.807) is 26.8 Å². The zero-order chi connectivity index (χ0) is 25.0. The Kier molecular flexibility index (Phi) is 7.51. The van der Waals surface area contributed by atoms with Crippen LogP contribution in [0.1, 0.15) is 47.6 Å². The molecule has 180 valence electrons. The Hall–Kier alpha value is -3.53. The Morgan fingerprint density at radius 3 is 2.38 bits per heavy atom. The standard InChI is InChI=1S/C24H27N3O6S/c1-24(2,3)33-22(31)17-13-34-20(14-8-5-4-6-9-14)27(17)18(28)12-15-10-7-11-16(21(29)30)19(15)26-23(25)32/h4-11,17,20H,12-13H2,1-3H3,(H,29,30)(H3,25,26,32). The van der Waals surface area contributed by atoms with Gasteiger partial charge in [-0.05, 0) is 38.0 Å². The number of thioether (sulfide) groups is 1. The molecule has 0 saturated carbocycles. The van der Waals surface area contributed by atoms with Crippen molar-refractivity contribution < 1.29 is 29.0 Å². The minimum atomic E-state index is -1.27. The Balaban J connectivity index is 1.98. The lowest BCUT2D eigenvalue weighted by molar-refractivity contribution is -0.163. The molecule has 1 fully saturated rings. The molecule has 3 rings (SSSR count). The van der Waals surface area contributed by atoms with E-state index in [2.05, 4.69) is 5.32 Å². The number of esters is 1. The van der Waals surface area contributed by atoms with Crippen LogP contribution in [0, 0.1) is 0 Å². The van der Waals surface area contributed by atoms with Gasteiger partial charge in [-0.25, -0.2) is 14.4 Å². The molecule has 2 aromatic rings. The molecule has 3 amide bonds. The van der Waals surface area contributed by atoms with E-state index in [-0.39, 0.29) is 23.2 Å². The SMILES string of the molecule is CC(C)(C)OC(=O)C1CSC(c2ccccc2)N1C(=O)Cc1cccc(C(=O)O)c1NC(N)=O. The van der Waals surface area contributed by atoms with Crippen LogP contribution in [0.5, 0.6) is 0 Å². The van der Waals surface area contributed by atoms with Crippen molar-refractivity contribution in [3.8, 4) is 0 Å². The van der Waals surface area contributed by atoms with E-state index in [1.165, 1.54) is 28.8 Å². The van der Waals surface area contributed by atoms with Gasteiger partial charge in [0, 0.05) is 5.75 Å². The van der Waals surface area contributed by atoms with E-state index in [0.29, 0.717) is 5.75 Å². The maximum Gasteiger partial charge on any atom is 0.337 e. The van der Waals surface area contributed by atoms with Gasteiger partial charge < -0.3 is 25.8 Å². The van der Waals surface area contributed by atoms with Crippen LogP contribution in [0.4, 0.5) is 10.5 Å². The van der Waals surface area contributed by atoms with E-state index in [4.69, 9.17) is 10.5 Å². The fraction of sp³-hybridized carbons (Fsp3) is 0.333. The summed E-state index contributed by atoms with van der Waals surface area (Å²) in [5, 5.41) is 11.4. The molecule has 0 bridgehead atoms. The third-order valence-electron chi connectivity index (χ3n) is 5.02. The monoisotopic (exact) mass is 485 g/mol. The average Bonchev–Trinajstić information content (AvgIpc) is 3.19. The molecule has 1 aliphatic rings. The number of para-hydroxylation sites is 1. The predicted octanol–water partition coefficient (Wildman–Crippen LogP) is 3.40. The normalized spacial score (nSPS) is 17.8. The molecule has 2 aromatic carbocycles. The van der Waals surface area contributed by atoms with Gasteiger partial charge in [-0.3, -0.25) is 4.79 Å². The van der Waals surface area contributed by atoms with Crippen molar-refractivity contribution in [2.75, 3.05) is 11.1 Å². The van der Waals surface area contributed by atoms with Gasteiger partial charge in [0.25, 0.3) is 0 Å². The number of nitrogens with one attached hydrogen (secondary N) is 1. The van der Waals surface area contributed by atoms with Crippen LogP contribution in [0.3, 0.4) is 0 Å². The average molecular weight is 486 g/mol. The highest BCUT2D eigenvalue weighted by Gasteiger charge is 2.44. The van der Waals surface area contributed by atoms with E-state index in [9.17, 15) is 24.3 Å². The lowest BCUT2D eigenvalue weighted by Crippen LogP contribution is -2.46. The Morgan fingerprint density at radius 2 is 1.79 bits per heavy atom. The number of amides is 3. The van der Waals surface area contributed by atoms with Crippen molar-refractivity contribution in [2.45, 2.75) is 44.2 Å². The second-order valence-corrected chi connectivity index (χ2v) is 9.87. The van der Waals surface area contributed by atoms with E-state index < -0.39 is 40.9 Å². The number of urea groups is 1. The summed E-state index contributed by atoms with van der Waals surface area (Å²) < 4.78 is 5.57. The highest BCUT2D eigenvalue weighted by molar-refractivity contribution is 7.99. The molecule has 4 N–H and O–H groups in total. The van der Waals surface area contributed by atoms with Crippen molar-refractivity contribution in [3.63, 3.8) is 0 Å². The lowest BCUT2D eigenvalue weighted by Gasteiger charge is -2.31. The third kappa shape index (κ3) is 5.88. The summed E-state index contributed by atoms with van der Waals surface area (Å²) in [6.07, 6.45) is -0.250. The Bertz CT molecular complexity index is 1100. The van der Waals surface area contributed by atoms with E-state index in [0.717, 1.165) is 5.56 Å². The molecule has 0 spiro atoms. The number of carbonyl (C=O) groups excluding carboxylic acids is 3. The lowest BCUT2D eigenvalue weighted by atomic mass is 10.0. The molecule has 2 atom stereocenters. The van der Waals surface area contributed by atoms with Crippen LogP contribution in [0.15, 0.2) is 48.5 Å². The maximum absolute atomic E-state index is 13.6. The number of carbonyl (C=O) groups is 4. The van der Waals surface area contributed by atoms with Crippen molar-refractivity contribution in [2.24, 2.45) is 5.73 Å². The van der Waals surface area contributed by atoms with Gasteiger partial charge in [0.05, 0.1) is 17.7 Å². The number of nitrogens with two attached hydrogens (primary N) is 1. The van der Waals surface area contributed by atoms with E-state index in [1.807, 2.05) is 30.3 Å². The van der Waals surface area contributed by atoms with Crippen LogP contribution in [0.2, 0.25) is 0 Å². The summed E-state index contributed by atoms with van der Waals surface area (Å²) in [5.74, 6) is -1.85. The molecule has 1 heterocycles. The third-order valence-corrected chi connectivity index (χ3v) is 6.35. The number of primary amides is 1. The van der Waals surface area contributed by atoms with Crippen LogP contribution in [-0.4, -0.2) is 51.3 Å². The van der Waals surface area contributed by atoms with Crippen LogP contribution < -0.4 is 11.1 Å². The first-order valence-electron chi connectivity index (χ1n) is 10.6. The number of anilines is 1. The molecule has 1 saturated heterocycles. The summed E-state index contributed by atoms with van der Waals surface area (Å²) in [5.41, 5.74) is 5.39. The molecule has 0 aliphatic carbocycles. The number of rotatable bonds is 6. The first kappa shape index (κ1) is 25.1. The number of hydrogen-bond donors (Lipinski definition) is 3. The van der Waals surface area contributed by atoms with E-state index >= 15 is 0 Å². The molecular weight excluding hydrogens is 458 g/mol. The summed E-state index contributed by atoms with van der Waals surface area (Å²) in [6, 6.07) is 11.9. The molecule has 0 aromatic heterocycles. The Labute approximate surface area is 201 Å². The van der Waals surface area contributed by atoms with Gasteiger partial charge in [0.1, 0.15) is 17.0 Å². The zero-order valence-electron chi connectivity index (χ0n) is 19.1. The first-order valence-corrected chi connectivity index (χ1v) is 11.6. The summed E-state index contributed by atoms with van der Waals surface area (Å²) in [4.78, 5) is 51.2. The number of benzene rings is 2. The summed E-state index contributed by atoms with van der Waals surface area (Å²) in [6.45, 7) is 5.27. The number of nitrogens with zero attached hydrogens (tertiary/aromatic N) is 1. The highest BCUT2D eigenvalue weighted by Crippen LogP contribution is 2.42. The van der Waals surface area contributed by atoms with Gasteiger partial charge in [-0.1, -0.05) is 42.5 Å². The number of ether oxygens (including phenoxy) is 1. The van der Waals surface area contributed by atoms with Crippen LogP contribution >= 0.6 is 11.8 Å². The largest absolute Gasteiger partial charge is 0.478 e. The quantitative estimate of drug-likeness (QED) is 0.533. The molecule has 2 unspecified atom stereocenters. The van der Waals surface area contributed by atoms with Crippen molar-refractivity contribution in [1.29, 1.82) is 0 Å². The number of carboxylic acids is 1. The molecule has 34 heavy (non-hydrogen) atoms. The molecule has 9 nitrogen and oxygen atoms in total. The molecule has 10 heteroatoms. The van der Waals surface area contributed by atoms with Crippen molar-refractivity contribution in [3.05, 3.63) is 65.2 Å². The summed E-state index contributed by atoms with van der Waals surface area (Å²) in [7, 11) is 0. The number of hydrogen-bond acceptors (Lipinski definition) is 6. The number of aromatic carboxylic acids is 1. The van der Waals surface area contributed by atoms with Gasteiger partial charge >= 0.3 is 18.0 Å². The fourth-order valence-corrected chi connectivity index (χ4v) is 5.12. The zero-order valence-corrected chi connectivity index (χ0v) is 19.9. The smallest absolute Gasteiger partial charge is 0.337 e. The van der Waals surface area contributed by atoms with Crippen LogP contribution in [0.25, 0.3) is 0 Å². The predicted molar refractivity (Wildman–Crippen MR) is 128 cm³/mol. The molecule has 1 aliphatic heterocycles. The molecular formula is C24H27N3O6S. The van der Waals surface area contributed by atoms with Crippen LogP contribution in [-0.2, 0) is 20.7 Å². The van der Waals surface area contributed by atoms with Crippen molar-refractivity contribution in [1.82, 2.24) is 4.90 Å². The first-order chi connectivity index (χ1) is 16.0. The summed E-state index contributed by atoms with van der Waals surface area (Å²) >= 11 is 1.45. The highest BCUT2D eigenvalue weighted by atomic mass is 32.2. The molecule has 0 radical (unpaired) electrons. The second kappa shape index (κ2) is 10.2. The van der Waals surface area contributed by atoms with Gasteiger partial charge in [-0.2, -0.15) is 0 Å². The van der Waals surface area contributed by atoms with Gasteiger partial charge in [0.15, 0.2) is 0 Å². The van der Waals surface area contributed by atoms with Gasteiger partial charge in [0.2, 0.25) is 5.91 Å². The minimum Gasteiger partial charge on any atom is -0.478 e. The van der Waals surface area contributed by atoms with Gasteiger partial charge in [-0.15, -0.1) is 11.8 Å². The maximum atomic E-state index is 13.6. The fourth-order valence-electron chi connectivity index (χ4n) is 3.69. The minimum absolute atomic E-state index is 0.0484. The van der Waals surface area contributed by atoms with Crippen molar-refractivity contribution >= 4 is 41.3 Å².